The summed E-state index contributed by atoms with van der Waals surface area (Å²) in [6, 6.07) is 20.5. The zero-order valence-corrected chi connectivity index (χ0v) is 17.0. The van der Waals surface area contributed by atoms with Gasteiger partial charge in [-0.1, -0.05) is 60.7 Å². The van der Waals surface area contributed by atoms with E-state index in [2.05, 4.69) is 24.3 Å². The molecular formula is C16H23Cl2N2PRu. The molecular weight excluding hydrogens is 423 g/mol. The Bertz CT molecular complexity index is 443. The van der Waals surface area contributed by atoms with Crippen molar-refractivity contribution in [3.63, 3.8) is 0 Å². The number of benzene rings is 2. The van der Waals surface area contributed by atoms with Crippen molar-refractivity contribution in [1.29, 1.82) is 0 Å². The topological polar surface area (TPSA) is 52.0 Å². The van der Waals surface area contributed by atoms with E-state index < -0.39 is 0 Å². The van der Waals surface area contributed by atoms with Crippen LogP contribution in [0.15, 0.2) is 60.7 Å². The van der Waals surface area contributed by atoms with Crippen molar-refractivity contribution >= 4 is 29.3 Å². The minimum absolute atomic E-state index is 0. The Morgan fingerprint density at radius 1 is 0.727 bits per heavy atom. The third kappa shape index (κ3) is 8.58. The van der Waals surface area contributed by atoms with Gasteiger partial charge in [0.15, 0.2) is 0 Å². The summed E-state index contributed by atoms with van der Waals surface area (Å²) in [5, 5.41) is 0. The number of nitrogens with two attached hydrogens (primary N) is 2. The molecule has 0 aliphatic carbocycles. The summed E-state index contributed by atoms with van der Waals surface area (Å²) in [4.78, 5) is 0. The van der Waals surface area contributed by atoms with Crippen LogP contribution in [0.4, 0.5) is 0 Å². The Hall–Kier alpha value is -0.00662. The monoisotopic (exact) mass is 446 g/mol. The van der Waals surface area contributed by atoms with Crippen molar-refractivity contribution in [3.05, 3.63) is 71.8 Å². The first-order valence-corrected chi connectivity index (χ1v) is 11.1. The molecule has 2 aromatic rings. The van der Waals surface area contributed by atoms with Crippen LogP contribution in [-0.4, -0.2) is 0 Å². The second-order valence-electron chi connectivity index (χ2n) is 4.66. The van der Waals surface area contributed by atoms with E-state index in [4.69, 9.17) is 30.8 Å². The van der Waals surface area contributed by atoms with Crippen LogP contribution in [-0.2, 0) is 15.1 Å². The molecule has 0 bridgehead atoms. The Labute approximate surface area is 152 Å². The van der Waals surface area contributed by atoms with Crippen molar-refractivity contribution in [2.75, 3.05) is 0 Å². The summed E-state index contributed by atoms with van der Waals surface area (Å²) in [5.74, 6) is 0. The van der Waals surface area contributed by atoms with Gasteiger partial charge in [-0.3, -0.25) is 0 Å². The van der Waals surface area contributed by atoms with Crippen LogP contribution < -0.4 is 11.5 Å². The molecule has 124 valence electrons. The van der Waals surface area contributed by atoms with Gasteiger partial charge in [0.05, 0.1) is 0 Å². The minimum atomic E-state index is -0.346. The molecule has 2 nitrogen and oxygen atoms in total. The summed E-state index contributed by atoms with van der Waals surface area (Å²) in [6.45, 7) is 0. The van der Waals surface area contributed by atoms with Gasteiger partial charge in [0.2, 0.25) is 0 Å². The molecule has 0 saturated carbocycles. The second-order valence-corrected chi connectivity index (χ2v) is 7.30. The van der Waals surface area contributed by atoms with E-state index in [1.54, 1.807) is 0 Å². The van der Waals surface area contributed by atoms with E-state index in [-0.39, 0.29) is 37.1 Å². The molecule has 0 amide bonds. The average Bonchev–Trinajstić information content (AvgIpc) is 2.54. The fraction of sp³-hybridized carbons (Fsp3) is 0.250. The Balaban J connectivity index is 0.00000102. The van der Waals surface area contributed by atoms with E-state index in [0.29, 0.717) is 0 Å². The van der Waals surface area contributed by atoms with Crippen molar-refractivity contribution in [1.82, 2.24) is 0 Å². The van der Waals surface area contributed by atoms with Crippen molar-refractivity contribution in [2.24, 2.45) is 11.5 Å². The summed E-state index contributed by atoms with van der Waals surface area (Å²) in [6.07, 6.45) is 1.81. The van der Waals surface area contributed by atoms with E-state index in [1.807, 2.05) is 36.4 Å². The Kier molecular flexibility index (Phi) is 13.4. The summed E-state index contributed by atoms with van der Waals surface area (Å²) in [5.41, 5.74) is 14.7. The molecule has 2 rings (SSSR count). The molecule has 0 fully saturated rings. The number of rotatable bonds is 5. The number of hydrogen-bond donors (Lipinski definition) is 2. The maximum atomic E-state index is 6.17. The normalized spacial score (nSPS) is 12.5. The third-order valence-electron chi connectivity index (χ3n) is 3.24. The van der Waals surface area contributed by atoms with Crippen LogP contribution in [0.5, 0.6) is 0 Å². The van der Waals surface area contributed by atoms with Crippen molar-refractivity contribution in [3.8, 4) is 0 Å². The summed E-state index contributed by atoms with van der Waals surface area (Å²) in [7, 11) is 9.71. The molecule has 0 spiro atoms. The molecule has 22 heavy (non-hydrogen) atoms. The molecule has 1 unspecified atom stereocenters. The predicted molar refractivity (Wildman–Crippen MR) is 98.8 cm³/mol. The van der Waals surface area contributed by atoms with Gasteiger partial charge in [0.1, 0.15) is 0 Å². The van der Waals surface area contributed by atoms with E-state index >= 15 is 0 Å². The molecule has 0 aliphatic rings. The van der Waals surface area contributed by atoms with Crippen LogP contribution >= 0.6 is 29.3 Å². The van der Waals surface area contributed by atoms with Gasteiger partial charge in [0.25, 0.3) is 0 Å². The molecule has 3 atom stereocenters. The van der Waals surface area contributed by atoms with Crippen molar-refractivity contribution < 1.29 is 15.1 Å². The molecule has 0 heterocycles. The standard InChI is InChI=1S/C16H20N2.2ClH.H3P.Ru/c17-15(13-7-3-1-4-8-13)11-12-16(18)14-9-5-2-6-10-14;;;;/h1-10,15-16H,11-12,17-18H2;2*1H;1H3;/q;;;;+2/p-2/t15-,16-;;;;/m0..../s1. The van der Waals surface area contributed by atoms with Gasteiger partial charge in [-0.05, 0) is 24.0 Å². The second kappa shape index (κ2) is 13.4. The predicted octanol–water partition coefficient (Wildman–Crippen LogP) is 4.60. The van der Waals surface area contributed by atoms with Gasteiger partial charge in [-0.15, -0.1) is 0 Å². The first kappa shape index (κ1) is 22.0. The van der Waals surface area contributed by atoms with Gasteiger partial charge in [-0.25, -0.2) is 0 Å². The van der Waals surface area contributed by atoms with Crippen LogP contribution in [0, 0.1) is 0 Å². The first-order chi connectivity index (χ1) is 10.2. The van der Waals surface area contributed by atoms with E-state index in [9.17, 15) is 0 Å². The van der Waals surface area contributed by atoms with Gasteiger partial charge in [0, 0.05) is 12.1 Å². The molecule has 6 heteroatoms. The SMILES string of the molecule is N[C@@H](CC[C@H](N)c1ccccc1)c1ccccc1.P.[Cl][Ru][Cl]. The molecule has 0 aliphatic heterocycles. The van der Waals surface area contributed by atoms with Crippen molar-refractivity contribution in [2.45, 2.75) is 24.9 Å². The average molecular weight is 446 g/mol. The van der Waals surface area contributed by atoms with Crippen LogP contribution in [0.3, 0.4) is 0 Å². The van der Waals surface area contributed by atoms with Crippen LogP contribution in [0.2, 0.25) is 0 Å². The zero-order chi connectivity index (χ0) is 15.5. The van der Waals surface area contributed by atoms with E-state index in [1.165, 1.54) is 11.1 Å². The molecule has 0 aromatic heterocycles. The maximum absolute atomic E-state index is 6.17. The molecule has 4 N–H and O–H groups in total. The van der Waals surface area contributed by atoms with Gasteiger partial charge < -0.3 is 11.5 Å². The fourth-order valence-electron chi connectivity index (χ4n) is 2.09. The van der Waals surface area contributed by atoms with E-state index in [0.717, 1.165) is 12.8 Å². The zero-order valence-electron chi connectivity index (χ0n) is 12.3. The molecule has 0 saturated heterocycles. The Morgan fingerprint density at radius 3 is 1.27 bits per heavy atom. The summed E-state index contributed by atoms with van der Waals surface area (Å²) >= 11 is -0.346. The number of halogens is 2. The first-order valence-electron chi connectivity index (χ1n) is 6.65. The van der Waals surface area contributed by atoms with Crippen LogP contribution in [0.25, 0.3) is 0 Å². The quantitative estimate of drug-likeness (QED) is 0.521. The third-order valence-corrected chi connectivity index (χ3v) is 3.24. The summed E-state index contributed by atoms with van der Waals surface area (Å²) < 4.78 is 0. The fourth-order valence-corrected chi connectivity index (χ4v) is 2.09. The van der Waals surface area contributed by atoms with Gasteiger partial charge in [-0.2, -0.15) is 9.90 Å². The number of hydrogen-bond acceptors (Lipinski definition) is 2. The van der Waals surface area contributed by atoms with Crippen LogP contribution in [0.1, 0.15) is 36.1 Å². The van der Waals surface area contributed by atoms with Gasteiger partial charge >= 0.3 is 34.5 Å². The molecule has 0 radical (unpaired) electrons. The Morgan fingerprint density at radius 2 is 1.00 bits per heavy atom. The molecule has 2 aromatic carbocycles.